The third-order valence-electron chi connectivity index (χ3n) is 3.16. The van der Waals surface area contributed by atoms with E-state index >= 15 is 0 Å². The van der Waals surface area contributed by atoms with Gasteiger partial charge in [0.25, 0.3) is 0 Å². The molecule has 0 saturated heterocycles. The Kier molecular flexibility index (Phi) is 6.24. The second-order valence-corrected chi connectivity index (χ2v) is 5.63. The summed E-state index contributed by atoms with van der Waals surface area (Å²) in [6, 6.07) is 7.65. The summed E-state index contributed by atoms with van der Waals surface area (Å²) >= 11 is 1.69. The lowest BCUT2D eigenvalue weighted by atomic mass is 10.00. The molecule has 2 rings (SSSR count). The van der Waals surface area contributed by atoms with E-state index in [1.807, 2.05) is 11.4 Å². The van der Waals surface area contributed by atoms with E-state index in [-0.39, 0.29) is 12.5 Å². The summed E-state index contributed by atoms with van der Waals surface area (Å²) in [4.78, 5) is 12.9. The Morgan fingerprint density at radius 1 is 1.38 bits per heavy atom. The van der Waals surface area contributed by atoms with Crippen LogP contribution in [0.25, 0.3) is 6.08 Å². The van der Waals surface area contributed by atoms with Crippen molar-refractivity contribution < 1.29 is 14.3 Å². The van der Waals surface area contributed by atoms with Crippen molar-refractivity contribution in [1.29, 1.82) is 0 Å². The van der Waals surface area contributed by atoms with Gasteiger partial charge in [0.15, 0.2) is 0 Å². The summed E-state index contributed by atoms with van der Waals surface area (Å²) < 4.78 is 5.11. The van der Waals surface area contributed by atoms with Gasteiger partial charge in [-0.2, -0.15) is 0 Å². The smallest absolute Gasteiger partial charge is 0.244 e. The first-order valence-electron chi connectivity index (χ1n) is 6.93. The molecule has 1 unspecified atom stereocenters. The Bertz CT molecular complexity index is 546. The molecular weight excluding hydrogens is 286 g/mol. The molecule has 0 aliphatic heterocycles. The van der Waals surface area contributed by atoms with E-state index in [1.165, 1.54) is 11.0 Å². The SMILES string of the molecule is O=C(C=Cc1ccco1)NCCC(CCO)c1cccs1. The number of amides is 1. The largest absolute Gasteiger partial charge is 0.465 e. The molecule has 2 heterocycles. The summed E-state index contributed by atoms with van der Waals surface area (Å²) in [7, 11) is 0. The van der Waals surface area contributed by atoms with Crippen LogP contribution in [0.15, 0.2) is 46.4 Å². The van der Waals surface area contributed by atoms with Gasteiger partial charge in [-0.3, -0.25) is 4.79 Å². The number of thiophene rings is 1. The molecule has 0 radical (unpaired) electrons. The molecule has 2 N–H and O–H groups in total. The van der Waals surface area contributed by atoms with Crippen LogP contribution >= 0.6 is 11.3 Å². The number of rotatable bonds is 8. The summed E-state index contributed by atoms with van der Waals surface area (Å²) in [6.45, 7) is 0.749. The average Bonchev–Trinajstić information content (AvgIpc) is 3.17. The van der Waals surface area contributed by atoms with E-state index in [1.54, 1.807) is 35.8 Å². The van der Waals surface area contributed by atoms with Crippen LogP contribution in [0.5, 0.6) is 0 Å². The van der Waals surface area contributed by atoms with Gasteiger partial charge in [0.2, 0.25) is 5.91 Å². The summed E-state index contributed by atoms with van der Waals surface area (Å²) in [5, 5.41) is 14.0. The number of aliphatic hydroxyl groups is 1. The van der Waals surface area contributed by atoms with Crippen molar-refractivity contribution in [3.05, 3.63) is 52.6 Å². The molecule has 0 aliphatic carbocycles. The number of carbonyl (C=O) groups is 1. The van der Waals surface area contributed by atoms with Gasteiger partial charge < -0.3 is 14.8 Å². The number of nitrogens with one attached hydrogen (secondary N) is 1. The van der Waals surface area contributed by atoms with Gasteiger partial charge in [-0.05, 0) is 48.4 Å². The Hall–Kier alpha value is -1.85. The average molecular weight is 305 g/mol. The normalized spacial score (nSPS) is 12.6. The van der Waals surface area contributed by atoms with Gasteiger partial charge in [-0.15, -0.1) is 11.3 Å². The first-order chi connectivity index (χ1) is 10.3. The lowest BCUT2D eigenvalue weighted by molar-refractivity contribution is -0.116. The van der Waals surface area contributed by atoms with E-state index in [0.29, 0.717) is 18.2 Å². The van der Waals surface area contributed by atoms with Gasteiger partial charge in [-0.1, -0.05) is 6.07 Å². The van der Waals surface area contributed by atoms with Crippen LogP contribution in [0.4, 0.5) is 0 Å². The molecule has 0 saturated carbocycles. The monoisotopic (exact) mass is 305 g/mol. The Balaban J connectivity index is 1.75. The van der Waals surface area contributed by atoms with Crippen LogP contribution in [-0.2, 0) is 4.79 Å². The van der Waals surface area contributed by atoms with Crippen molar-refractivity contribution in [1.82, 2.24) is 5.32 Å². The van der Waals surface area contributed by atoms with Gasteiger partial charge in [0, 0.05) is 24.1 Å². The van der Waals surface area contributed by atoms with Crippen molar-refractivity contribution in [3.63, 3.8) is 0 Å². The molecule has 4 nitrogen and oxygen atoms in total. The quantitative estimate of drug-likeness (QED) is 0.737. The zero-order valence-electron chi connectivity index (χ0n) is 11.7. The number of aliphatic hydroxyl groups excluding tert-OH is 1. The predicted octanol–water partition coefficient (Wildman–Crippen LogP) is 3.03. The Morgan fingerprint density at radius 2 is 2.29 bits per heavy atom. The highest BCUT2D eigenvalue weighted by atomic mass is 32.1. The highest BCUT2D eigenvalue weighted by molar-refractivity contribution is 7.10. The number of carbonyl (C=O) groups excluding carboxylic acids is 1. The molecule has 0 fully saturated rings. The van der Waals surface area contributed by atoms with Gasteiger partial charge in [0.05, 0.1) is 6.26 Å². The molecule has 2 aromatic rings. The Labute approximate surface area is 128 Å². The highest BCUT2D eigenvalue weighted by Crippen LogP contribution is 2.26. The van der Waals surface area contributed by atoms with Crippen LogP contribution in [0, 0.1) is 0 Å². The lowest BCUT2D eigenvalue weighted by Crippen LogP contribution is -2.23. The van der Waals surface area contributed by atoms with E-state index < -0.39 is 0 Å². The Morgan fingerprint density at radius 3 is 2.95 bits per heavy atom. The summed E-state index contributed by atoms with van der Waals surface area (Å²) in [6.07, 6.45) is 6.21. The maximum Gasteiger partial charge on any atom is 0.244 e. The molecule has 1 atom stereocenters. The predicted molar refractivity (Wildman–Crippen MR) is 84.1 cm³/mol. The molecule has 2 aromatic heterocycles. The number of hydrogen-bond acceptors (Lipinski definition) is 4. The molecule has 0 bridgehead atoms. The molecule has 0 spiro atoms. The van der Waals surface area contributed by atoms with Gasteiger partial charge in [0.1, 0.15) is 5.76 Å². The fraction of sp³-hybridized carbons (Fsp3) is 0.312. The fourth-order valence-corrected chi connectivity index (χ4v) is 2.98. The molecule has 21 heavy (non-hydrogen) atoms. The van der Waals surface area contributed by atoms with Crippen molar-refractivity contribution in [2.24, 2.45) is 0 Å². The van der Waals surface area contributed by atoms with Crippen molar-refractivity contribution in [2.75, 3.05) is 13.2 Å². The molecule has 112 valence electrons. The van der Waals surface area contributed by atoms with Crippen LogP contribution in [0.1, 0.15) is 29.4 Å². The standard InChI is InChI=1S/C16H19NO3S/c18-10-8-13(15-4-2-12-21-15)7-9-17-16(19)6-5-14-3-1-11-20-14/h1-6,11-13,18H,7-10H2,(H,17,19). The molecule has 0 aliphatic rings. The van der Waals surface area contributed by atoms with Gasteiger partial charge >= 0.3 is 0 Å². The van der Waals surface area contributed by atoms with E-state index in [4.69, 9.17) is 9.52 Å². The minimum atomic E-state index is -0.139. The van der Waals surface area contributed by atoms with E-state index in [9.17, 15) is 4.79 Å². The topological polar surface area (TPSA) is 62.5 Å². The minimum Gasteiger partial charge on any atom is -0.465 e. The molecule has 5 heteroatoms. The second kappa shape index (κ2) is 8.44. The zero-order chi connectivity index (χ0) is 14.9. The molecular formula is C16H19NO3S. The molecule has 1 amide bonds. The third-order valence-corrected chi connectivity index (χ3v) is 4.19. The first kappa shape index (κ1) is 15.5. The van der Waals surface area contributed by atoms with Crippen LogP contribution in [0.2, 0.25) is 0 Å². The number of hydrogen-bond donors (Lipinski definition) is 2. The first-order valence-corrected chi connectivity index (χ1v) is 7.81. The third kappa shape index (κ3) is 5.21. The van der Waals surface area contributed by atoms with Crippen molar-refractivity contribution in [3.8, 4) is 0 Å². The van der Waals surface area contributed by atoms with Crippen LogP contribution in [-0.4, -0.2) is 24.2 Å². The minimum absolute atomic E-state index is 0.139. The number of furan rings is 1. The van der Waals surface area contributed by atoms with Crippen LogP contribution in [0.3, 0.4) is 0 Å². The highest BCUT2D eigenvalue weighted by Gasteiger charge is 2.12. The lowest BCUT2D eigenvalue weighted by Gasteiger charge is -2.14. The maximum absolute atomic E-state index is 11.7. The van der Waals surface area contributed by atoms with E-state index in [2.05, 4.69) is 11.4 Å². The zero-order valence-corrected chi connectivity index (χ0v) is 12.5. The fourth-order valence-electron chi connectivity index (χ4n) is 2.08. The second-order valence-electron chi connectivity index (χ2n) is 4.65. The van der Waals surface area contributed by atoms with Crippen molar-refractivity contribution in [2.45, 2.75) is 18.8 Å². The van der Waals surface area contributed by atoms with Crippen LogP contribution < -0.4 is 5.32 Å². The van der Waals surface area contributed by atoms with Gasteiger partial charge in [-0.25, -0.2) is 0 Å². The summed E-state index contributed by atoms with van der Waals surface area (Å²) in [5.41, 5.74) is 0. The molecule has 0 aromatic carbocycles. The van der Waals surface area contributed by atoms with Crippen molar-refractivity contribution >= 4 is 23.3 Å². The summed E-state index contributed by atoms with van der Waals surface area (Å²) in [5.74, 6) is 0.812. The maximum atomic E-state index is 11.7. The van der Waals surface area contributed by atoms with E-state index in [0.717, 1.165) is 12.8 Å².